The quantitative estimate of drug-likeness (QED) is 0.626. The van der Waals surface area contributed by atoms with Gasteiger partial charge in [0.05, 0.1) is 41.5 Å². The van der Waals surface area contributed by atoms with Gasteiger partial charge in [-0.15, -0.1) is 11.3 Å². The van der Waals surface area contributed by atoms with Crippen molar-refractivity contribution in [3.8, 4) is 6.07 Å². The summed E-state index contributed by atoms with van der Waals surface area (Å²) in [7, 11) is 1.82. The Bertz CT molecular complexity index is 965. The molecule has 6 nitrogen and oxygen atoms in total. The molecule has 0 fully saturated rings. The molecule has 0 saturated heterocycles. The summed E-state index contributed by atoms with van der Waals surface area (Å²) in [5.41, 5.74) is 4.07. The average Bonchev–Trinajstić information content (AvgIpc) is 3.18. The molecule has 0 saturated carbocycles. The van der Waals surface area contributed by atoms with Gasteiger partial charge in [-0.25, -0.2) is 4.98 Å². The Morgan fingerprint density at radius 2 is 2.11 bits per heavy atom. The molecule has 2 aromatic heterocycles. The average molecular weight is 382 g/mol. The van der Waals surface area contributed by atoms with Gasteiger partial charge >= 0.3 is 0 Å². The predicted molar refractivity (Wildman–Crippen MR) is 106 cm³/mol. The highest BCUT2D eigenvalue weighted by molar-refractivity contribution is 7.18. The molecule has 0 N–H and O–H groups in total. The van der Waals surface area contributed by atoms with Crippen molar-refractivity contribution in [2.24, 2.45) is 0 Å². The zero-order valence-corrected chi connectivity index (χ0v) is 16.7. The Morgan fingerprint density at radius 3 is 2.85 bits per heavy atom. The maximum Gasteiger partial charge on any atom is 0.223 e. The number of fused-ring (bicyclic) bond motifs is 1. The van der Waals surface area contributed by atoms with Crippen molar-refractivity contribution in [1.29, 1.82) is 5.26 Å². The minimum atomic E-state index is 0.0952. The van der Waals surface area contributed by atoms with Crippen LogP contribution in [0.25, 0.3) is 10.2 Å². The standard InChI is InChI=1S/C20H23N5OS/c1-14-16(15(2)25(23-14)12-6-11-21)9-10-20(26)24(3)13-19-22-17-7-4-5-8-18(17)27-19/h4-5,7-8H,6,9-10,12-13H2,1-3H3. The fraction of sp³-hybridized carbons (Fsp3) is 0.400. The minimum absolute atomic E-state index is 0.0952. The second-order valence-corrected chi connectivity index (χ2v) is 7.72. The van der Waals surface area contributed by atoms with Crippen LogP contribution in [-0.4, -0.2) is 32.6 Å². The van der Waals surface area contributed by atoms with Crippen LogP contribution in [-0.2, 0) is 24.3 Å². The molecule has 0 aliphatic rings. The molecule has 0 bridgehead atoms. The van der Waals surface area contributed by atoms with E-state index in [-0.39, 0.29) is 5.91 Å². The summed E-state index contributed by atoms with van der Waals surface area (Å²) in [4.78, 5) is 18.9. The number of aromatic nitrogens is 3. The van der Waals surface area contributed by atoms with Gasteiger partial charge in [-0.3, -0.25) is 9.48 Å². The van der Waals surface area contributed by atoms with E-state index in [0.717, 1.165) is 32.2 Å². The molecule has 1 amide bonds. The smallest absolute Gasteiger partial charge is 0.223 e. The molecule has 0 aliphatic heterocycles. The summed E-state index contributed by atoms with van der Waals surface area (Å²) in [5, 5.41) is 14.2. The van der Waals surface area contributed by atoms with Gasteiger partial charge in [-0.1, -0.05) is 12.1 Å². The number of para-hydroxylation sites is 1. The molecule has 3 aromatic rings. The lowest BCUT2D eigenvalue weighted by Crippen LogP contribution is -2.26. The van der Waals surface area contributed by atoms with Gasteiger partial charge in [-0.2, -0.15) is 10.4 Å². The van der Waals surface area contributed by atoms with Crippen LogP contribution < -0.4 is 0 Å². The molecule has 0 radical (unpaired) electrons. The molecule has 7 heteroatoms. The van der Waals surface area contributed by atoms with Crippen LogP contribution in [0.15, 0.2) is 24.3 Å². The number of hydrogen-bond donors (Lipinski definition) is 0. The number of nitrogens with zero attached hydrogens (tertiary/aromatic N) is 5. The maximum atomic E-state index is 12.6. The summed E-state index contributed by atoms with van der Waals surface area (Å²) in [6.45, 7) is 5.08. The number of nitriles is 1. The second kappa shape index (κ2) is 8.31. The first-order valence-electron chi connectivity index (χ1n) is 8.98. The van der Waals surface area contributed by atoms with Crippen LogP contribution in [0.2, 0.25) is 0 Å². The van der Waals surface area contributed by atoms with Gasteiger partial charge in [0.2, 0.25) is 5.91 Å². The highest BCUT2D eigenvalue weighted by Gasteiger charge is 2.16. The van der Waals surface area contributed by atoms with Crippen LogP contribution >= 0.6 is 11.3 Å². The maximum absolute atomic E-state index is 12.6. The number of carbonyl (C=O) groups is 1. The Hall–Kier alpha value is -2.72. The van der Waals surface area contributed by atoms with Crippen molar-refractivity contribution >= 4 is 27.5 Å². The first-order chi connectivity index (χ1) is 13.0. The van der Waals surface area contributed by atoms with E-state index in [1.165, 1.54) is 0 Å². The van der Waals surface area contributed by atoms with Gasteiger partial charge in [0.25, 0.3) is 0 Å². The summed E-state index contributed by atoms with van der Waals surface area (Å²) in [6, 6.07) is 10.2. The Morgan fingerprint density at radius 1 is 1.33 bits per heavy atom. The summed E-state index contributed by atoms with van der Waals surface area (Å²) in [6.07, 6.45) is 1.53. The molecule has 0 aliphatic carbocycles. The molecule has 1 aromatic carbocycles. The number of amides is 1. The Labute approximate surface area is 163 Å². The van der Waals surface area contributed by atoms with E-state index >= 15 is 0 Å². The van der Waals surface area contributed by atoms with Gasteiger partial charge in [0.15, 0.2) is 0 Å². The molecule has 27 heavy (non-hydrogen) atoms. The lowest BCUT2D eigenvalue weighted by molar-refractivity contribution is -0.130. The number of rotatable bonds is 7. The van der Waals surface area contributed by atoms with Crippen molar-refractivity contribution in [2.45, 2.75) is 46.2 Å². The molecular formula is C20H23N5OS. The predicted octanol–water partition coefficient (Wildman–Crippen LogP) is 3.61. The third-order valence-electron chi connectivity index (χ3n) is 4.69. The first-order valence-corrected chi connectivity index (χ1v) is 9.79. The second-order valence-electron chi connectivity index (χ2n) is 6.61. The number of thiazole rings is 1. The lowest BCUT2D eigenvalue weighted by Gasteiger charge is -2.15. The van der Waals surface area contributed by atoms with Crippen LogP contribution in [0.1, 0.15) is 34.8 Å². The Balaban J connectivity index is 1.60. The first kappa shape index (κ1) is 19.1. The zero-order valence-electron chi connectivity index (χ0n) is 15.9. The molecule has 0 atom stereocenters. The monoisotopic (exact) mass is 381 g/mol. The van der Waals surface area contributed by atoms with Crippen molar-refractivity contribution in [2.75, 3.05) is 7.05 Å². The van der Waals surface area contributed by atoms with Gasteiger partial charge in [0.1, 0.15) is 5.01 Å². The highest BCUT2D eigenvalue weighted by atomic mass is 32.1. The molecule has 3 rings (SSSR count). The normalized spacial score (nSPS) is 10.9. The van der Waals surface area contributed by atoms with Crippen LogP contribution in [0.4, 0.5) is 0 Å². The van der Waals surface area contributed by atoms with Gasteiger partial charge in [-0.05, 0) is 38.0 Å². The molecule has 0 unspecified atom stereocenters. The van der Waals surface area contributed by atoms with E-state index in [1.807, 2.05) is 49.8 Å². The van der Waals surface area contributed by atoms with Crippen LogP contribution in [0, 0.1) is 25.2 Å². The van der Waals surface area contributed by atoms with Crippen LogP contribution in [0.5, 0.6) is 0 Å². The fourth-order valence-corrected chi connectivity index (χ4v) is 4.19. The summed E-state index contributed by atoms with van der Waals surface area (Å²) >= 11 is 1.63. The van der Waals surface area contributed by atoms with Gasteiger partial charge < -0.3 is 4.90 Å². The van der Waals surface area contributed by atoms with E-state index in [1.54, 1.807) is 16.2 Å². The van der Waals surface area contributed by atoms with Crippen LogP contribution in [0.3, 0.4) is 0 Å². The zero-order chi connectivity index (χ0) is 19.4. The number of benzene rings is 1. The fourth-order valence-electron chi connectivity index (χ4n) is 3.17. The summed E-state index contributed by atoms with van der Waals surface area (Å²) in [5.74, 6) is 0.0952. The van der Waals surface area contributed by atoms with Crippen molar-refractivity contribution in [3.63, 3.8) is 0 Å². The third kappa shape index (κ3) is 4.34. The Kier molecular flexibility index (Phi) is 5.87. The number of aryl methyl sites for hydroxylation is 2. The third-order valence-corrected chi connectivity index (χ3v) is 5.71. The van der Waals surface area contributed by atoms with Crippen molar-refractivity contribution < 1.29 is 4.79 Å². The van der Waals surface area contributed by atoms with E-state index in [0.29, 0.717) is 32.4 Å². The largest absolute Gasteiger partial charge is 0.339 e. The molecule has 140 valence electrons. The van der Waals surface area contributed by atoms with E-state index in [4.69, 9.17) is 5.26 Å². The molecular weight excluding hydrogens is 358 g/mol. The topological polar surface area (TPSA) is 74.8 Å². The SMILES string of the molecule is Cc1nn(CCC#N)c(C)c1CCC(=O)N(C)Cc1nc2ccccc2s1. The number of carbonyl (C=O) groups excluding carboxylic acids is 1. The number of hydrogen-bond acceptors (Lipinski definition) is 5. The highest BCUT2D eigenvalue weighted by Crippen LogP contribution is 2.23. The van der Waals surface area contributed by atoms with Gasteiger partial charge in [0, 0.05) is 19.2 Å². The molecule has 0 spiro atoms. The minimum Gasteiger partial charge on any atom is -0.339 e. The van der Waals surface area contributed by atoms with E-state index < -0.39 is 0 Å². The van der Waals surface area contributed by atoms with Crippen molar-refractivity contribution in [3.05, 3.63) is 46.2 Å². The van der Waals surface area contributed by atoms with E-state index in [2.05, 4.69) is 16.2 Å². The van der Waals surface area contributed by atoms with E-state index in [9.17, 15) is 4.79 Å². The summed E-state index contributed by atoms with van der Waals surface area (Å²) < 4.78 is 3.01. The van der Waals surface area contributed by atoms with Crippen molar-refractivity contribution in [1.82, 2.24) is 19.7 Å². The lowest BCUT2D eigenvalue weighted by atomic mass is 10.1. The molecule has 2 heterocycles.